The lowest BCUT2D eigenvalue weighted by molar-refractivity contribution is 1.47. The minimum absolute atomic E-state index is 1.23. The molecule has 0 N–H and O–H groups in total. The van der Waals surface area contributed by atoms with E-state index in [1.54, 1.807) is 0 Å². The molecule has 0 radical (unpaired) electrons. The fourth-order valence-electron chi connectivity index (χ4n) is 4.04. The van der Waals surface area contributed by atoms with Gasteiger partial charge in [-0.05, 0) is 57.5 Å². The number of hydrogen-bond donors (Lipinski definition) is 0. The molecule has 0 heteroatoms. The molecule has 0 fully saturated rings. The first-order valence-corrected chi connectivity index (χ1v) is 10.7. The van der Waals surface area contributed by atoms with Gasteiger partial charge in [-0.25, -0.2) is 0 Å². The fraction of sp³-hybridized carbons (Fsp3) is 0.0323. The van der Waals surface area contributed by atoms with Crippen LogP contribution in [0.3, 0.4) is 0 Å². The van der Waals surface area contributed by atoms with Crippen molar-refractivity contribution in [3.63, 3.8) is 0 Å². The molecule has 0 unspecified atom stereocenters. The highest BCUT2D eigenvalue weighted by molar-refractivity contribution is 5.76. The summed E-state index contributed by atoms with van der Waals surface area (Å²) < 4.78 is 0. The molecule has 0 nitrogen and oxygen atoms in total. The fourth-order valence-corrected chi connectivity index (χ4v) is 4.04. The van der Waals surface area contributed by atoms with Crippen LogP contribution >= 0.6 is 0 Å². The normalized spacial score (nSPS) is 10.7. The minimum Gasteiger partial charge on any atom is -0.0622 e. The maximum absolute atomic E-state index is 2.28. The van der Waals surface area contributed by atoms with E-state index in [4.69, 9.17) is 0 Å². The van der Waals surface area contributed by atoms with Crippen molar-refractivity contribution in [1.82, 2.24) is 0 Å². The average molecular weight is 397 g/mol. The Labute approximate surface area is 184 Å². The Morgan fingerprint density at radius 2 is 0.645 bits per heavy atom. The summed E-state index contributed by atoms with van der Waals surface area (Å²) in [4.78, 5) is 0. The summed E-state index contributed by atoms with van der Waals surface area (Å²) in [6.07, 6.45) is 0. The van der Waals surface area contributed by atoms with E-state index in [0.29, 0.717) is 0 Å². The van der Waals surface area contributed by atoms with Crippen molar-refractivity contribution in [2.24, 2.45) is 0 Å². The van der Waals surface area contributed by atoms with Crippen LogP contribution in [0.25, 0.3) is 44.5 Å². The van der Waals surface area contributed by atoms with E-state index < -0.39 is 0 Å². The van der Waals surface area contributed by atoms with Crippen LogP contribution in [0, 0.1) is 6.92 Å². The molecule has 148 valence electrons. The van der Waals surface area contributed by atoms with Gasteiger partial charge in [0.05, 0.1) is 0 Å². The van der Waals surface area contributed by atoms with E-state index >= 15 is 0 Å². The summed E-state index contributed by atoms with van der Waals surface area (Å²) in [5.41, 5.74) is 11.2. The lowest BCUT2D eigenvalue weighted by atomic mass is 9.96. The van der Waals surface area contributed by atoms with Gasteiger partial charge in [0, 0.05) is 0 Å². The van der Waals surface area contributed by atoms with Crippen LogP contribution in [0.5, 0.6) is 0 Å². The Kier molecular flexibility index (Phi) is 5.21. The van der Waals surface area contributed by atoms with Gasteiger partial charge in [0.25, 0.3) is 0 Å². The van der Waals surface area contributed by atoms with Crippen molar-refractivity contribution < 1.29 is 0 Å². The van der Waals surface area contributed by atoms with Crippen molar-refractivity contribution in [3.8, 4) is 44.5 Å². The molecule has 0 saturated carbocycles. The van der Waals surface area contributed by atoms with E-state index in [2.05, 4.69) is 134 Å². The molecule has 5 aromatic rings. The summed E-state index contributed by atoms with van der Waals surface area (Å²) in [5.74, 6) is 0. The summed E-state index contributed by atoms with van der Waals surface area (Å²) in [5, 5.41) is 0. The van der Waals surface area contributed by atoms with E-state index in [1.807, 2.05) is 0 Å². The van der Waals surface area contributed by atoms with Crippen molar-refractivity contribution in [2.45, 2.75) is 6.92 Å². The third-order valence-electron chi connectivity index (χ3n) is 5.76. The van der Waals surface area contributed by atoms with Gasteiger partial charge in [-0.1, -0.05) is 127 Å². The van der Waals surface area contributed by atoms with Crippen molar-refractivity contribution in [1.29, 1.82) is 0 Å². The van der Waals surface area contributed by atoms with Crippen LogP contribution in [0.15, 0.2) is 127 Å². The lowest BCUT2D eigenvalue weighted by Gasteiger charge is -2.09. The summed E-state index contributed by atoms with van der Waals surface area (Å²) in [7, 11) is 0. The Morgan fingerprint density at radius 3 is 1.16 bits per heavy atom. The van der Waals surface area contributed by atoms with Crippen LogP contribution in [-0.2, 0) is 0 Å². The molecular formula is C31H24. The quantitative estimate of drug-likeness (QED) is 0.285. The van der Waals surface area contributed by atoms with Gasteiger partial charge in [0.1, 0.15) is 0 Å². The highest BCUT2D eigenvalue weighted by Gasteiger charge is 2.04. The van der Waals surface area contributed by atoms with Gasteiger partial charge in [-0.3, -0.25) is 0 Å². The SMILES string of the molecule is Cc1cccc(-c2cccc(-c3ccc(-c4ccc(-c5ccccc5)cc4)cc3)c2)c1. The Morgan fingerprint density at radius 1 is 0.290 bits per heavy atom. The zero-order valence-corrected chi connectivity index (χ0v) is 17.6. The molecule has 0 heterocycles. The van der Waals surface area contributed by atoms with E-state index in [1.165, 1.54) is 50.1 Å². The number of rotatable bonds is 4. The zero-order valence-electron chi connectivity index (χ0n) is 17.6. The standard InChI is InChI=1S/C31H24/c1-23-7-5-10-29(21-23)31-12-6-11-30(22-31)28-19-17-27(18-20-28)26-15-13-25(14-16-26)24-8-3-2-4-9-24/h2-22H,1H3. The van der Waals surface area contributed by atoms with Gasteiger partial charge < -0.3 is 0 Å². The van der Waals surface area contributed by atoms with Gasteiger partial charge in [-0.2, -0.15) is 0 Å². The Balaban J connectivity index is 1.40. The molecule has 5 aromatic carbocycles. The second-order valence-electron chi connectivity index (χ2n) is 7.97. The van der Waals surface area contributed by atoms with Crippen LogP contribution in [0.4, 0.5) is 0 Å². The molecule has 0 spiro atoms. The first kappa shape index (κ1) is 19.1. The second kappa shape index (κ2) is 8.45. The minimum atomic E-state index is 1.23. The summed E-state index contributed by atoms with van der Waals surface area (Å²) in [6.45, 7) is 2.14. The van der Waals surface area contributed by atoms with Crippen LogP contribution in [0.1, 0.15) is 5.56 Å². The van der Waals surface area contributed by atoms with Gasteiger partial charge in [0.15, 0.2) is 0 Å². The van der Waals surface area contributed by atoms with E-state index in [0.717, 1.165) is 0 Å². The molecule has 0 aromatic heterocycles. The molecule has 0 bridgehead atoms. The van der Waals surface area contributed by atoms with E-state index in [-0.39, 0.29) is 0 Å². The highest BCUT2D eigenvalue weighted by Crippen LogP contribution is 2.30. The summed E-state index contributed by atoms with van der Waals surface area (Å²) >= 11 is 0. The van der Waals surface area contributed by atoms with Crippen LogP contribution in [-0.4, -0.2) is 0 Å². The first-order chi connectivity index (χ1) is 15.3. The molecule has 31 heavy (non-hydrogen) atoms. The van der Waals surface area contributed by atoms with Crippen molar-refractivity contribution in [3.05, 3.63) is 133 Å². The monoisotopic (exact) mass is 396 g/mol. The van der Waals surface area contributed by atoms with Gasteiger partial charge >= 0.3 is 0 Å². The lowest BCUT2D eigenvalue weighted by Crippen LogP contribution is -1.84. The maximum atomic E-state index is 2.28. The molecule has 0 aliphatic carbocycles. The molecule has 0 aliphatic heterocycles. The predicted octanol–water partition coefficient (Wildman–Crippen LogP) is 8.66. The molecule has 0 saturated heterocycles. The number of benzene rings is 5. The molecular weight excluding hydrogens is 372 g/mol. The maximum Gasteiger partial charge on any atom is -0.0178 e. The largest absolute Gasteiger partial charge is 0.0622 e. The molecule has 0 amide bonds. The van der Waals surface area contributed by atoms with Crippen molar-refractivity contribution >= 4 is 0 Å². The van der Waals surface area contributed by atoms with Gasteiger partial charge in [-0.15, -0.1) is 0 Å². The topological polar surface area (TPSA) is 0 Å². The third-order valence-corrected chi connectivity index (χ3v) is 5.76. The first-order valence-electron chi connectivity index (χ1n) is 10.7. The van der Waals surface area contributed by atoms with Gasteiger partial charge in [0.2, 0.25) is 0 Å². The predicted molar refractivity (Wildman–Crippen MR) is 133 cm³/mol. The highest BCUT2D eigenvalue weighted by atomic mass is 14.1. The zero-order chi connectivity index (χ0) is 21.0. The third kappa shape index (κ3) is 4.20. The second-order valence-corrected chi connectivity index (χ2v) is 7.97. The smallest absolute Gasteiger partial charge is 0.0178 e. The van der Waals surface area contributed by atoms with E-state index in [9.17, 15) is 0 Å². The Bertz CT molecular complexity index is 1290. The molecule has 5 rings (SSSR count). The molecule has 0 atom stereocenters. The Hall–Kier alpha value is -3.90. The summed E-state index contributed by atoms with van der Waals surface area (Å²) in [6, 6.07) is 45.6. The number of hydrogen-bond acceptors (Lipinski definition) is 0. The van der Waals surface area contributed by atoms with Crippen LogP contribution < -0.4 is 0 Å². The molecule has 0 aliphatic rings. The van der Waals surface area contributed by atoms with Crippen LogP contribution in [0.2, 0.25) is 0 Å². The average Bonchev–Trinajstić information content (AvgIpc) is 2.85. The number of aryl methyl sites for hydroxylation is 1. The van der Waals surface area contributed by atoms with Crippen molar-refractivity contribution in [2.75, 3.05) is 0 Å².